The fraction of sp³-hybridized carbons (Fsp3) is 0.500. The van der Waals surface area contributed by atoms with E-state index in [9.17, 15) is 9.90 Å². The number of hydrogen-bond donors (Lipinski definition) is 3. The van der Waals surface area contributed by atoms with Gasteiger partial charge in [-0.3, -0.25) is 4.79 Å². The molecule has 0 bridgehead atoms. The molecule has 14 heavy (non-hydrogen) atoms. The zero-order valence-electron chi connectivity index (χ0n) is 7.43. The first-order chi connectivity index (χ1) is 6.77. The van der Waals surface area contributed by atoms with Gasteiger partial charge in [0.05, 0.1) is 25.4 Å². The molecule has 0 radical (unpaired) electrons. The second-order valence-corrected chi connectivity index (χ2v) is 3.12. The van der Waals surface area contributed by atoms with Crippen molar-refractivity contribution in [3.63, 3.8) is 0 Å². The Hall–Kier alpha value is -1.40. The van der Waals surface area contributed by atoms with Crippen molar-refractivity contribution in [3.05, 3.63) is 22.7 Å². The van der Waals surface area contributed by atoms with Gasteiger partial charge in [-0.15, -0.1) is 0 Å². The molecular weight excluding hydrogens is 186 g/mol. The summed E-state index contributed by atoms with van der Waals surface area (Å²) in [7, 11) is 0. The molecule has 2 rings (SSSR count). The van der Waals surface area contributed by atoms with Gasteiger partial charge >= 0.3 is 0 Å². The van der Waals surface area contributed by atoms with E-state index in [1.165, 1.54) is 12.4 Å². The minimum atomic E-state index is -0.587. The number of aliphatic hydroxyl groups is 1. The van der Waals surface area contributed by atoms with Crippen LogP contribution in [0.4, 0.5) is 5.82 Å². The first kappa shape index (κ1) is 9.17. The molecule has 6 heteroatoms. The zero-order valence-corrected chi connectivity index (χ0v) is 7.43. The molecule has 2 atom stereocenters. The van der Waals surface area contributed by atoms with Crippen LogP contribution < -0.4 is 10.9 Å². The molecule has 2 heterocycles. The number of ether oxygens (including phenoxy) is 1. The molecule has 1 aliphatic heterocycles. The van der Waals surface area contributed by atoms with Gasteiger partial charge in [-0.25, -0.2) is 4.98 Å². The van der Waals surface area contributed by atoms with E-state index in [-0.39, 0.29) is 17.4 Å². The van der Waals surface area contributed by atoms with Crippen LogP contribution in [0.1, 0.15) is 0 Å². The first-order valence-corrected chi connectivity index (χ1v) is 4.33. The van der Waals surface area contributed by atoms with Crippen LogP contribution in [0.3, 0.4) is 0 Å². The Labute approximate surface area is 79.9 Å². The summed E-state index contributed by atoms with van der Waals surface area (Å²) in [5, 5.41) is 12.2. The van der Waals surface area contributed by atoms with Crippen molar-refractivity contribution in [2.24, 2.45) is 0 Å². The van der Waals surface area contributed by atoms with Crippen LogP contribution in [0.5, 0.6) is 0 Å². The fourth-order valence-electron chi connectivity index (χ4n) is 1.31. The Balaban J connectivity index is 2.11. The number of hydrogen-bond acceptors (Lipinski definition) is 5. The summed E-state index contributed by atoms with van der Waals surface area (Å²) < 4.78 is 5.03. The summed E-state index contributed by atoms with van der Waals surface area (Å²) in [4.78, 5) is 17.6. The second-order valence-electron chi connectivity index (χ2n) is 3.12. The Morgan fingerprint density at radius 3 is 3.14 bits per heavy atom. The molecule has 1 aliphatic rings. The van der Waals surface area contributed by atoms with E-state index < -0.39 is 6.10 Å². The molecule has 0 spiro atoms. The quantitative estimate of drug-likeness (QED) is 0.562. The molecule has 0 unspecified atom stereocenters. The van der Waals surface area contributed by atoms with Crippen molar-refractivity contribution in [2.75, 3.05) is 18.5 Å². The average Bonchev–Trinajstić information content (AvgIpc) is 2.56. The van der Waals surface area contributed by atoms with Crippen molar-refractivity contribution in [2.45, 2.75) is 12.1 Å². The third kappa shape index (κ3) is 1.75. The normalized spacial score (nSPS) is 26.4. The van der Waals surface area contributed by atoms with Gasteiger partial charge in [0.15, 0.2) is 5.82 Å². The molecular formula is C8H11N3O3. The summed E-state index contributed by atoms with van der Waals surface area (Å²) in [6.45, 7) is 0.680. The Morgan fingerprint density at radius 1 is 1.64 bits per heavy atom. The number of H-pyrrole nitrogens is 1. The third-order valence-electron chi connectivity index (χ3n) is 2.08. The van der Waals surface area contributed by atoms with Crippen molar-refractivity contribution >= 4 is 5.82 Å². The number of anilines is 1. The molecule has 3 N–H and O–H groups in total. The van der Waals surface area contributed by atoms with E-state index in [1.807, 2.05) is 0 Å². The van der Waals surface area contributed by atoms with Crippen molar-refractivity contribution < 1.29 is 9.84 Å². The molecule has 0 aliphatic carbocycles. The van der Waals surface area contributed by atoms with Gasteiger partial charge < -0.3 is 20.1 Å². The molecule has 1 saturated heterocycles. The number of rotatable bonds is 2. The molecule has 1 aromatic rings. The molecule has 6 nitrogen and oxygen atoms in total. The Bertz CT molecular complexity index is 365. The van der Waals surface area contributed by atoms with Crippen molar-refractivity contribution in [1.29, 1.82) is 0 Å². The van der Waals surface area contributed by atoms with Gasteiger partial charge in [0, 0.05) is 12.4 Å². The second kappa shape index (κ2) is 3.77. The maximum atomic E-state index is 11.2. The maximum Gasteiger partial charge on any atom is 0.290 e. The van der Waals surface area contributed by atoms with Gasteiger partial charge in [0.25, 0.3) is 5.56 Å². The number of aromatic amines is 1. The molecule has 76 valence electrons. The van der Waals surface area contributed by atoms with Crippen LogP contribution in [0.2, 0.25) is 0 Å². The highest BCUT2D eigenvalue weighted by Crippen LogP contribution is 2.08. The van der Waals surface area contributed by atoms with Gasteiger partial charge in [-0.2, -0.15) is 0 Å². The van der Waals surface area contributed by atoms with E-state index in [0.717, 1.165) is 0 Å². The number of aromatic nitrogens is 2. The predicted octanol–water partition coefficient (Wildman–Crippen LogP) is -1.06. The minimum absolute atomic E-state index is 0.210. The highest BCUT2D eigenvalue weighted by Gasteiger charge is 2.26. The minimum Gasteiger partial charge on any atom is -0.388 e. The van der Waals surface area contributed by atoms with Gasteiger partial charge in [-0.1, -0.05) is 0 Å². The summed E-state index contributed by atoms with van der Waals surface area (Å²) in [6.07, 6.45) is 2.34. The van der Waals surface area contributed by atoms with E-state index in [4.69, 9.17) is 4.74 Å². The monoisotopic (exact) mass is 197 g/mol. The lowest BCUT2D eigenvalue weighted by Gasteiger charge is -2.13. The van der Waals surface area contributed by atoms with E-state index in [2.05, 4.69) is 15.3 Å². The zero-order chi connectivity index (χ0) is 9.97. The van der Waals surface area contributed by atoms with E-state index in [1.54, 1.807) is 0 Å². The Kier molecular flexibility index (Phi) is 2.47. The van der Waals surface area contributed by atoms with Crippen molar-refractivity contribution in [1.82, 2.24) is 9.97 Å². The summed E-state index contributed by atoms with van der Waals surface area (Å²) >= 11 is 0. The third-order valence-corrected chi connectivity index (χ3v) is 2.08. The van der Waals surface area contributed by atoms with Crippen LogP contribution >= 0.6 is 0 Å². The van der Waals surface area contributed by atoms with Crippen LogP contribution in [0.15, 0.2) is 17.2 Å². The highest BCUT2D eigenvalue weighted by atomic mass is 16.5. The van der Waals surface area contributed by atoms with Crippen LogP contribution in [0.25, 0.3) is 0 Å². The smallest absolute Gasteiger partial charge is 0.290 e. The maximum absolute atomic E-state index is 11.2. The average molecular weight is 197 g/mol. The number of aliphatic hydroxyl groups excluding tert-OH is 1. The standard InChI is InChI=1S/C8H11N3O3/c12-6-4-14-3-5(6)11-7-8(13)10-2-1-9-7/h1-2,5-6,12H,3-4H2,(H,9,11)(H,10,13)/t5-,6-/m1/s1. The molecule has 0 amide bonds. The summed E-state index contributed by atoms with van der Waals surface area (Å²) in [6, 6.07) is -0.258. The SMILES string of the molecule is O=c1[nH]ccnc1N[C@@H]1COC[C@H]1O. The van der Waals surface area contributed by atoms with E-state index >= 15 is 0 Å². The van der Waals surface area contributed by atoms with Gasteiger partial charge in [0.1, 0.15) is 0 Å². The van der Waals surface area contributed by atoms with Crippen LogP contribution in [-0.4, -0.2) is 40.4 Å². The predicted molar refractivity (Wildman–Crippen MR) is 49.1 cm³/mol. The lowest BCUT2D eigenvalue weighted by molar-refractivity contribution is 0.125. The molecule has 0 aromatic carbocycles. The molecule has 1 fully saturated rings. The number of nitrogens with one attached hydrogen (secondary N) is 2. The van der Waals surface area contributed by atoms with Crippen LogP contribution in [-0.2, 0) is 4.74 Å². The lowest BCUT2D eigenvalue weighted by Crippen LogP contribution is -2.34. The van der Waals surface area contributed by atoms with Crippen LogP contribution in [0, 0.1) is 0 Å². The molecule has 0 saturated carbocycles. The van der Waals surface area contributed by atoms with Gasteiger partial charge in [-0.05, 0) is 0 Å². The first-order valence-electron chi connectivity index (χ1n) is 4.33. The fourth-order valence-corrected chi connectivity index (χ4v) is 1.31. The highest BCUT2D eigenvalue weighted by molar-refractivity contribution is 5.32. The van der Waals surface area contributed by atoms with Crippen molar-refractivity contribution in [3.8, 4) is 0 Å². The largest absolute Gasteiger partial charge is 0.388 e. The topological polar surface area (TPSA) is 87.2 Å². The van der Waals surface area contributed by atoms with E-state index in [0.29, 0.717) is 13.2 Å². The Morgan fingerprint density at radius 2 is 2.50 bits per heavy atom. The summed E-state index contributed by atoms with van der Waals surface area (Å²) in [5.74, 6) is 0.210. The summed E-state index contributed by atoms with van der Waals surface area (Å²) in [5.41, 5.74) is -0.299. The molecule has 1 aromatic heterocycles. The number of nitrogens with zero attached hydrogens (tertiary/aromatic N) is 1. The van der Waals surface area contributed by atoms with Gasteiger partial charge in [0.2, 0.25) is 0 Å². The lowest BCUT2D eigenvalue weighted by atomic mass is 10.2.